The highest BCUT2D eigenvalue weighted by atomic mass is 16.6. The van der Waals surface area contributed by atoms with Gasteiger partial charge in [-0.2, -0.15) is 0 Å². The van der Waals surface area contributed by atoms with Crippen LogP contribution < -0.4 is 10.2 Å². The van der Waals surface area contributed by atoms with Crippen molar-refractivity contribution < 1.29 is 9.72 Å². The van der Waals surface area contributed by atoms with E-state index in [1.54, 1.807) is 24.3 Å². The van der Waals surface area contributed by atoms with E-state index in [0.29, 0.717) is 11.5 Å². The molecule has 1 aliphatic heterocycles. The number of nitrogens with one attached hydrogen (secondary N) is 1. The van der Waals surface area contributed by atoms with Gasteiger partial charge in [0.2, 0.25) is 0 Å². The SMILES string of the molecule is Cc1cccc(NC(=O)c2ccc(N3CCCC3)c([N+](=O)[O-])c2)n1. The molecule has 0 atom stereocenters. The van der Waals surface area contributed by atoms with Gasteiger partial charge in [0.15, 0.2) is 0 Å². The number of aryl methyl sites for hydroxylation is 1. The largest absolute Gasteiger partial charge is 0.366 e. The van der Waals surface area contributed by atoms with E-state index in [1.807, 2.05) is 17.9 Å². The third-order valence-corrected chi connectivity index (χ3v) is 4.01. The minimum atomic E-state index is -0.435. The van der Waals surface area contributed by atoms with E-state index in [4.69, 9.17) is 0 Å². The molecule has 1 N–H and O–H groups in total. The van der Waals surface area contributed by atoms with Crippen molar-refractivity contribution >= 4 is 23.1 Å². The molecule has 1 aromatic heterocycles. The van der Waals surface area contributed by atoms with Crippen LogP contribution in [0.3, 0.4) is 0 Å². The number of hydrogen-bond donors (Lipinski definition) is 1. The average Bonchev–Trinajstić information content (AvgIpc) is 3.08. The maximum Gasteiger partial charge on any atom is 0.293 e. The van der Waals surface area contributed by atoms with Gasteiger partial charge in [-0.3, -0.25) is 14.9 Å². The maximum atomic E-state index is 12.3. The predicted molar refractivity (Wildman–Crippen MR) is 91.5 cm³/mol. The monoisotopic (exact) mass is 326 g/mol. The molecule has 2 heterocycles. The van der Waals surface area contributed by atoms with Crippen LogP contribution in [0.2, 0.25) is 0 Å². The average molecular weight is 326 g/mol. The number of nitro groups is 1. The third kappa shape index (κ3) is 3.34. The Bertz CT molecular complexity index is 785. The van der Waals surface area contributed by atoms with Crippen LogP contribution in [0.4, 0.5) is 17.2 Å². The van der Waals surface area contributed by atoms with Crippen molar-refractivity contribution in [3.63, 3.8) is 0 Å². The van der Waals surface area contributed by atoms with Crippen molar-refractivity contribution in [2.24, 2.45) is 0 Å². The number of nitrogens with zero attached hydrogens (tertiary/aromatic N) is 3. The molecule has 0 aliphatic carbocycles. The van der Waals surface area contributed by atoms with E-state index < -0.39 is 10.8 Å². The van der Waals surface area contributed by atoms with Crippen LogP contribution in [0.1, 0.15) is 28.9 Å². The number of anilines is 2. The number of rotatable bonds is 4. The van der Waals surface area contributed by atoms with Crippen molar-refractivity contribution in [3.05, 3.63) is 57.8 Å². The predicted octanol–water partition coefficient (Wildman–Crippen LogP) is 3.15. The number of pyridine rings is 1. The molecule has 0 bridgehead atoms. The van der Waals surface area contributed by atoms with Gasteiger partial charge in [0.25, 0.3) is 11.6 Å². The number of amides is 1. The molecule has 24 heavy (non-hydrogen) atoms. The quantitative estimate of drug-likeness (QED) is 0.689. The fraction of sp³-hybridized carbons (Fsp3) is 0.294. The third-order valence-electron chi connectivity index (χ3n) is 4.01. The number of benzene rings is 1. The van der Waals surface area contributed by atoms with E-state index in [1.165, 1.54) is 6.07 Å². The maximum absolute atomic E-state index is 12.3. The first-order chi connectivity index (χ1) is 11.5. The first-order valence-corrected chi connectivity index (χ1v) is 7.83. The number of aromatic nitrogens is 1. The lowest BCUT2D eigenvalue weighted by Crippen LogP contribution is -2.20. The summed E-state index contributed by atoms with van der Waals surface area (Å²) in [5, 5.41) is 14.1. The van der Waals surface area contributed by atoms with Crippen LogP contribution in [-0.4, -0.2) is 28.9 Å². The Balaban J connectivity index is 1.86. The zero-order valence-electron chi connectivity index (χ0n) is 13.4. The van der Waals surface area contributed by atoms with Gasteiger partial charge in [-0.05, 0) is 44.0 Å². The van der Waals surface area contributed by atoms with E-state index in [2.05, 4.69) is 10.3 Å². The van der Waals surface area contributed by atoms with E-state index in [9.17, 15) is 14.9 Å². The molecule has 0 spiro atoms. The van der Waals surface area contributed by atoms with Gasteiger partial charge in [0, 0.05) is 30.4 Å². The molecule has 0 unspecified atom stereocenters. The summed E-state index contributed by atoms with van der Waals surface area (Å²) in [6.07, 6.45) is 2.05. The fourth-order valence-electron chi connectivity index (χ4n) is 2.84. The Hall–Kier alpha value is -2.96. The summed E-state index contributed by atoms with van der Waals surface area (Å²) in [6.45, 7) is 3.44. The summed E-state index contributed by atoms with van der Waals surface area (Å²) in [5.41, 5.74) is 1.56. The number of hydrogen-bond acceptors (Lipinski definition) is 5. The van der Waals surface area contributed by atoms with Crippen LogP contribution in [0, 0.1) is 17.0 Å². The summed E-state index contributed by atoms with van der Waals surface area (Å²) in [4.78, 5) is 29.5. The summed E-state index contributed by atoms with van der Waals surface area (Å²) in [6, 6.07) is 9.90. The zero-order chi connectivity index (χ0) is 17.1. The minimum absolute atomic E-state index is 0.0400. The van der Waals surface area contributed by atoms with Crippen molar-refractivity contribution in [1.82, 2.24) is 4.98 Å². The number of nitro benzene ring substituents is 1. The van der Waals surface area contributed by atoms with Crippen molar-refractivity contribution in [2.75, 3.05) is 23.3 Å². The van der Waals surface area contributed by atoms with Gasteiger partial charge in [-0.25, -0.2) is 4.98 Å². The molecular weight excluding hydrogens is 308 g/mol. The van der Waals surface area contributed by atoms with E-state index >= 15 is 0 Å². The summed E-state index contributed by atoms with van der Waals surface area (Å²) < 4.78 is 0. The van der Waals surface area contributed by atoms with Gasteiger partial charge in [0.05, 0.1) is 4.92 Å². The summed E-state index contributed by atoms with van der Waals surface area (Å²) in [5.74, 6) is 0.00967. The fourth-order valence-corrected chi connectivity index (χ4v) is 2.84. The number of carbonyl (C=O) groups is 1. The second-order valence-electron chi connectivity index (χ2n) is 5.77. The summed E-state index contributed by atoms with van der Waals surface area (Å²) >= 11 is 0. The molecule has 1 aromatic carbocycles. The van der Waals surface area contributed by atoms with Crippen LogP contribution >= 0.6 is 0 Å². The molecule has 0 radical (unpaired) electrons. The van der Waals surface area contributed by atoms with Gasteiger partial charge in [0.1, 0.15) is 11.5 Å². The Morgan fingerprint density at radius 3 is 2.67 bits per heavy atom. The normalized spacial score (nSPS) is 13.8. The van der Waals surface area contributed by atoms with E-state index in [0.717, 1.165) is 31.6 Å². The Kier molecular flexibility index (Phi) is 4.41. The standard InChI is InChI=1S/C17H18N4O3/c1-12-5-4-6-16(18-12)19-17(22)13-7-8-14(15(11-13)21(23)24)20-9-2-3-10-20/h4-8,11H,2-3,9-10H2,1H3,(H,18,19,22). The smallest absolute Gasteiger partial charge is 0.293 e. The number of carbonyl (C=O) groups excluding carboxylic acids is 1. The minimum Gasteiger partial charge on any atom is -0.366 e. The van der Waals surface area contributed by atoms with Gasteiger partial charge in [-0.15, -0.1) is 0 Å². The first-order valence-electron chi connectivity index (χ1n) is 7.83. The van der Waals surface area contributed by atoms with Gasteiger partial charge < -0.3 is 10.2 Å². The molecular formula is C17H18N4O3. The molecule has 7 nitrogen and oxygen atoms in total. The molecule has 1 fully saturated rings. The highest BCUT2D eigenvalue weighted by Gasteiger charge is 2.23. The molecule has 1 saturated heterocycles. The van der Waals surface area contributed by atoms with Gasteiger partial charge in [-0.1, -0.05) is 6.07 Å². The summed E-state index contributed by atoms with van der Waals surface area (Å²) in [7, 11) is 0. The Labute approximate surface area is 139 Å². The highest BCUT2D eigenvalue weighted by molar-refractivity contribution is 6.04. The molecule has 7 heteroatoms. The lowest BCUT2D eigenvalue weighted by atomic mass is 10.1. The molecule has 124 valence electrons. The lowest BCUT2D eigenvalue weighted by molar-refractivity contribution is -0.384. The van der Waals surface area contributed by atoms with Crippen LogP contribution in [-0.2, 0) is 0 Å². The second kappa shape index (κ2) is 6.66. The van der Waals surface area contributed by atoms with Crippen molar-refractivity contribution in [2.45, 2.75) is 19.8 Å². The van der Waals surface area contributed by atoms with Crippen LogP contribution in [0.25, 0.3) is 0 Å². The molecule has 3 rings (SSSR count). The zero-order valence-corrected chi connectivity index (χ0v) is 13.4. The van der Waals surface area contributed by atoms with Crippen molar-refractivity contribution in [1.29, 1.82) is 0 Å². The first kappa shape index (κ1) is 15.9. The molecule has 1 aliphatic rings. The molecule has 1 amide bonds. The molecule has 2 aromatic rings. The topological polar surface area (TPSA) is 88.4 Å². The van der Waals surface area contributed by atoms with Crippen LogP contribution in [0.15, 0.2) is 36.4 Å². The van der Waals surface area contributed by atoms with Crippen LogP contribution in [0.5, 0.6) is 0 Å². The van der Waals surface area contributed by atoms with E-state index in [-0.39, 0.29) is 11.3 Å². The lowest BCUT2D eigenvalue weighted by Gasteiger charge is -2.17. The second-order valence-corrected chi connectivity index (χ2v) is 5.77. The van der Waals surface area contributed by atoms with Gasteiger partial charge >= 0.3 is 0 Å². The Morgan fingerprint density at radius 1 is 1.25 bits per heavy atom. The van der Waals surface area contributed by atoms with Crippen molar-refractivity contribution in [3.8, 4) is 0 Å². The molecule has 0 saturated carbocycles. The highest BCUT2D eigenvalue weighted by Crippen LogP contribution is 2.31. The Morgan fingerprint density at radius 2 is 2.00 bits per heavy atom.